The average Bonchev–Trinajstić information content (AvgIpc) is 3.47. The Bertz CT molecular complexity index is 1410. The van der Waals surface area contributed by atoms with Gasteiger partial charge >= 0.3 is 0 Å². The molecule has 2 aromatic carbocycles. The monoisotopic (exact) mass is 749 g/mol. The van der Waals surface area contributed by atoms with Gasteiger partial charge in [0.1, 0.15) is 0 Å². The molecule has 2 nitrogen and oxygen atoms in total. The van der Waals surface area contributed by atoms with Crippen molar-refractivity contribution in [1.29, 1.82) is 0 Å². The Labute approximate surface area is 341 Å². The molecule has 0 spiro atoms. The van der Waals surface area contributed by atoms with Gasteiger partial charge in [-0.05, 0) is 75.3 Å². The summed E-state index contributed by atoms with van der Waals surface area (Å²) in [6.45, 7) is 8.97. The van der Waals surface area contributed by atoms with Crippen LogP contribution in [-0.2, 0) is 6.42 Å². The lowest BCUT2D eigenvalue weighted by Gasteiger charge is -2.11. The van der Waals surface area contributed by atoms with Crippen molar-refractivity contribution in [2.45, 2.75) is 227 Å². The molecule has 1 aliphatic rings. The molecular weight excluding hydrogens is 665 g/mol. The van der Waals surface area contributed by atoms with Crippen LogP contribution in [0.15, 0.2) is 71.8 Å². The lowest BCUT2D eigenvalue weighted by atomic mass is 9.94. The predicted octanol–water partition coefficient (Wildman–Crippen LogP) is 18.0. The molecule has 0 fully saturated rings. The minimum atomic E-state index is 0.945. The van der Waals surface area contributed by atoms with Crippen molar-refractivity contribution in [2.75, 3.05) is 0 Å². The molecule has 1 aliphatic heterocycles. The van der Waals surface area contributed by atoms with Crippen LogP contribution >= 0.6 is 0 Å². The largest absolute Gasteiger partial charge is 0.493 e. The van der Waals surface area contributed by atoms with Crippen LogP contribution in [0.25, 0.3) is 16.9 Å². The van der Waals surface area contributed by atoms with Crippen LogP contribution in [0.1, 0.15) is 236 Å². The van der Waals surface area contributed by atoms with Gasteiger partial charge in [-0.2, -0.15) is 0 Å². The zero-order valence-electron chi connectivity index (χ0n) is 36.6. The molecule has 0 amide bonds. The summed E-state index contributed by atoms with van der Waals surface area (Å²) in [6, 6.07) is 17.6. The fourth-order valence-corrected chi connectivity index (χ4v) is 8.48. The molecule has 0 atom stereocenters. The van der Waals surface area contributed by atoms with E-state index < -0.39 is 0 Å². The number of allylic oxidation sites excluding steroid dienone is 4. The molecule has 3 rings (SSSR count). The number of rotatable bonds is 34. The first kappa shape index (κ1) is 46.6. The molecule has 0 N–H and O–H groups in total. The second-order valence-corrected chi connectivity index (χ2v) is 17.0. The second-order valence-electron chi connectivity index (χ2n) is 17.0. The minimum absolute atomic E-state index is 0.945. The highest BCUT2D eigenvalue weighted by Crippen LogP contribution is 2.43. The van der Waals surface area contributed by atoms with Crippen LogP contribution in [0.3, 0.4) is 0 Å². The van der Waals surface area contributed by atoms with E-state index >= 15 is 0 Å². The van der Waals surface area contributed by atoms with Crippen LogP contribution < -0.4 is 0 Å². The number of hydrogen-bond acceptors (Lipinski definition) is 0. The molecule has 0 saturated carbocycles. The maximum atomic E-state index is 12.0. The molecular formula is C53H84N2. The smallest absolute Gasteiger partial charge is 0.215 e. The summed E-state index contributed by atoms with van der Waals surface area (Å²) in [4.78, 5) is 0. The normalized spacial score (nSPS) is 13.3. The molecule has 0 aromatic heterocycles. The maximum Gasteiger partial charge on any atom is 0.215 e. The summed E-state index contributed by atoms with van der Waals surface area (Å²) in [7, 11) is 0. The van der Waals surface area contributed by atoms with E-state index in [1.807, 2.05) is 0 Å². The Kier molecular flexibility index (Phi) is 25.8. The van der Waals surface area contributed by atoms with Gasteiger partial charge in [0.25, 0.3) is 0 Å². The highest BCUT2D eigenvalue weighted by atomic mass is 15.2. The fraction of sp³-hybridized carbons (Fsp3) is 0.660. The Hall–Kier alpha value is -2.74. The van der Waals surface area contributed by atoms with Crippen molar-refractivity contribution >= 4 is 11.4 Å². The van der Waals surface area contributed by atoms with Gasteiger partial charge in [-0.1, -0.05) is 223 Å². The van der Waals surface area contributed by atoms with Gasteiger partial charge in [-0.3, -0.25) is 0 Å². The van der Waals surface area contributed by atoms with Gasteiger partial charge in [-0.25, -0.2) is 4.70 Å². The molecule has 0 aliphatic carbocycles. The topological polar surface area (TPSA) is 25.3 Å². The van der Waals surface area contributed by atoms with Crippen LogP contribution in [0.4, 0.5) is 0 Å². The highest BCUT2D eigenvalue weighted by Gasteiger charge is 2.34. The van der Waals surface area contributed by atoms with E-state index in [-0.39, 0.29) is 0 Å². The van der Waals surface area contributed by atoms with Gasteiger partial charge in [0.2, 0.25) is 11.4 Å². The molecule has 0 radical (unpaired) electrons. The third-order valence-corrected chi connectivity index (χ3v) is 11.9. The third kappa shape index (κ3) is 18.8. The Morgan fingerprint density at radius 3 is 1.44 bits per heavy atom. The zero-order valence-corrected chi connectivity index (χ0v) is 36.6. The lowest BCUT2D eigenvalue weighted by Crippen LogP contribution is -2.03. The van der Waals surface area contributed by atoms with Gasteiger partial charge in [-0.15, -0.1) is 0 Å². The van der Waals surface area contributed by atoms with Crippen molar-refractivity contribution in [3.8, 4) is 0 Å². The summed E-state index contributed by atoms with van der Waals surface area (Å²) < 4.78 is 1.52. The molecule has 0 unspecified atom stereocenters. The van der Waals surface area contributed by atoms with Crippen molar-refractivity contribution in [2.24, 2.45) is 0 Å². The van der Waals surface area contributed by atoms with E-state index in [4.69, 9.17) is 0 Å². The van der Waals surface area contributed by atoms with Crippen molar-refractivity contribution < 1.29 is 4.70 Å². The summed E-state index contributed by atoms with van der Waals surface area (Å²) >= 11 is 0. The number of aryl methyl sites for hydroxylation is 2. The maximum absolute atomic E-state index is 12.0. The van der Waals surface area contributed by atoms with Crippen LogP contribution in [-0.4, -0.2) is 4.70 Å². The van der Waals surface area contributed by atoms with E-state index in [1.165, 1.54) is 194 Å². The first-order valence-corrected chi connectivity index (χ1v) is 23.9. The number of benzene rings is 2. The van der Waals surface area contributed by atoms with Crippen molar-refractivity contribution in [3.05, 3.63) is 99.6 Å². The Morgan fingerprint density at radius 1 is 0.473 bits per heavy atom. The van der Waals surface area contributed by atoms with Crippen LogP contribution in [0.2, 0.25) is 0 Å². The first-order chi connectivity index (χ1) is 27.1. The van der Waals surface area contributed by atoms with Gasteiger partial charge in [0.05, 0.1) is 5.57 Å². The SMILES string of the molecule is CCCCCC=CC1=C(c2cccc(CCCCCCCCCCCCCCCCCCCCCCCCC)c2)[N+](=[N-])C(c2cccc(C)c2)=C1CCCC. The number of hydrogen-bond donors (Lipinski definition) is 0. The zero-order chi connectivity index (χ0) is 39.2. The van der Waals surface area contributed by atoms with Gasteiger partial charge in [0, 0.05) is 16.7 Å². The van der Waals surface area contributed by atoms with Gasteiger partial charge < -0.3 is 5.53 Å². The molecule has 0 bridgehead atoms. The van der Waals surface area contributed by atoms with E-state index in [1.54, 1.807) is 0 Å². The van der Waals surface area contributed by atoms with E-state index in [0.29, 0.717) is 0 Å². The highest BCUT2D eigenvalue weighted by molar-refractivity contribution is 5.84. The summed E-state index contributed by atoms with van der Waals surface area (Å²) in [6.07, 6.45) is 46.5. The van der Waals surface area contributed by atoms with Crippen molar-refractivity contribution in [1.82, 2.24) is 0 Å². The minimum Gasteiger partial charge on any atom is -0.493 e. The lowest BCUT2D eigenvalue weighted by molar-refractivity contribution is -0.345. The molecule has 2 heteroatoms. The van der Waals surface area contributed by atoms with E-state index in [2.05, 4.69) is 88.4 Å². The van der Waals surface area contributed by atoms with Crippen molar-refractivity contribution in [3.63, 3.8) is 0 Å². The van der Waals surface area contributed by atoms with Crippen LogP contribution in [0, 0.1) is 6.92 Å². The van der Waals surface area contributed by atoms with Gasteiger partial charge in [0.15, 0.2) is 0 Å². The van der Waals surface area contributed by atoms with E-state index in [0.717, 1.165) is 54.6 Å². The van der Waals surface area contributed by atoms with Crippen LogP contribution in [0.5, 0.6) is 0 Å². The molecule has 2 aromatic rings. The average molecular weight is 749 g/mol. The Morgan fingerprint density at radius 2 is 0.927 bits per heavy atom. The molecule has 1 heterocycles. The summed E-state index contributed by atoms with van der Waals surface area (Å²) in [5.74, 6) is 0. The molecule has 0 saturated heterocycles. The Balaban J connectivity index is 1.36. The standard InChI is InChI=1S/C53H84N2/c1-5-8-11-13-14-15-16-17-18-19-20-21-22-23-24-25-26-27-28-29-30-32-33-38-47-39-36-41-49(45-47)53-51(43-34-31-12-9-6-2)50(42-10-7-3)52(55(53)54)48-40-35-37-46(4)44-48/h34-37,39-41,43-45H,5-33,38,42H2,1-4H3. The third-order valence-electron chi connectivity index (χ3n) is 11.9. The quantitative estimate of drug-likeness (QED) is 0.0503. The molecule has 306 valence electrons. The number of unbranched alkanes of at least 4 members (excludes halogenated alkanes) is 26. The predicted molar refractivity (Wildman–Crippen MR) is 243 cm³/mol. The summed E-state index contributed by atoms with van der Waals surface area (Å²) in [5, 5.41) is 0. The second kappa shape index (κ2) is 30.4. The molecule has 55 heavy (non-hydrogen) atoms. The first-order valence-electron chi connectivity index (χ1n) is 23.9. The fourth-order valence-electron chi connectivity index (χ4n) is 8.48. The van der Waals surface area contributed by atoms with E-state index in [9.17, 15) is 5.53 Å². The summed E-state index contributed by atoms with van der Waals surface area (Å²) in [5.41, 5.74) is 21.2. The number of nitrogens with zero attached hydrogens (tertiary/aromatic N) is 2.